The van der Waals surface area contributed by atoms with Crippen LogP contribution in [0.2, 0.25) is 0 Å². The number of aromatic amines is 1. The van der Waals surface area contributed by atoms with Crippen LogP contribution >= 0.6 is 0 Å². The van der Waals surface area contributed by atoms with Crippen molar-refractivity contribution in [1.29, 1.82) is 0 Å². The van der Waals surface area contributed by atoms with Crippen LogP contribution < -0.4 is 0 Å². The highest BCUT2D eigenvalue weighted by Gasteiger charge is 2.24. The predicted octanol–water partition coefficient (Wildman–Crippen LogP) is 2.69. The van der Waals surface area contributed by atoms with Gasteiger partial charge < -0.3 is 10.1 Å². The number of aliphatic hydroxyl groups excluding tert-OH is 1. The lowest BCUT2D eigenvalue weighted by molar-refractivity contribution is 0.111. The molecule has 0 fully saturated rings. The Balaban J connectivity index is 0.000000774. The average molecular weight is 281 g/mol. The van der Waals surface area contributed by atoms with Gasteiger partial charge in [0.05, 0.1) is 5.69 Å². The second kappa shape index (κ2) is 6.92. The van der Waals surface area contributed by atoms with E-state index in [0.29, 0.717) is 11.6 Å². The maximum Gasteiger partial charge on any atom is 0.166 e. The quantitative estimate of drug-likeness (QED) is 0.671. The van der Waals surface area contributed by atoms with Crippen LogP contribution in [0.1, 0.15) is 45.2 Å². The molecular formula is C18H19NO2. The smallest absolute Gasteiger partial charge is 0.166 e. The van der Waals surface area contributed by atoms with E-state index in [-0.39, 0.29) is 0 Å². The molecule has 0 spiro atoms. The van der Waals surface area contributed by atoms with Crippen molar-refractivity contribution in [3.05, 3.63) is 58.4 Å². The number of hydrogen-bond donors (Lipinski definition) is 2. The second-order valence-corrected chi connectivity index (χ2v) is 5.06. The third-order valence-electron chi connectivity index (χ3n) is 3.84. The summed E-state index contributed by atoms with van der Waals surface area (Å²) in [6, 6.07) is 10.1. The number of fused-ring (bicyclic) bond motifs is 1. The first-order valence-corrected chi connectivity index (χ1v) is 6.97. The number of benzene rings is 1. The van der Waals surface area contributed by atoms with E-state index in [1.54, 1.807) is 0 Å². The highest BCUT2D eigenvalue weighted by atomic mass is 16.2. The predicted molar refractivity (Wildman–Crippen MR) is 83.5 cm³/mol. The first-order valence-electron chi connectivity index (χ1n) is 6.97. The number of aryl methyl sites for hydroxylation is 1. The van der Waals surface area contributed by atoms with Gasteiger partial charge in [0.1, 0.15) is 0 Å². The summed E-state index contributed by atoms with van der Waals surface area (Å²) in [5, 5.41) is 7.00. The van der Waals surface area contributed by atoms with Gasteiger partial charge in [-0.3, -0.25) is 4.79 Å². The third-order valence-corrected chi connectivity index (χ3v) is 3.84. The number of H-pyrrole nitrogens is 1. The molecule has 1 unspecified atom stereocenters. The zero-order valence-corrected chi connectivity index (χ0v) is 12.1. The number of terminal acetylenes is 1. The summed E-state index contributed by atoms with van der Waals surface area (Å²) >= 11 is 0. The third kappa shape index (κ3) is 3.24. The largest absolute Gasteiger partial charge is 0.400 e. The van der Waals surface area contributed by atoms with E-state index < -0.39 is 0 Å². The van der Waals surface area contributed by atoms with Crippen molar-refractivity contribution in [2.24, 2.45) is 0 Å². The minimum atomic E-state index is 0.493. The SMILES string of the molecule is C#Cc1cccc(CC2CCc3[nH]c(C=O)cc32)c1.CO. The van der Waals surface area contributed by atoms with Gasteiger partial charge in [0.15, 0.2) is 6.29 Å². The molecule has 0 amide bonds. The van der Waals surface area contributed by atoms with Gasteiger partial charge in [-0.15, -0.1) is 6.42 Å². The van der Waals surface area contributed by atoms with Crippen LogP contribution in [-0.4, -0.2) is 23.5 Å². The van der Waals surface area contributed by atoms with Crippen molar-refractivity contribution in [2.45, 2.75) is 25.2 Å². The van der Waals surface area contributed by atoms with E-state index in [2.05, 4.69) is 23.0 Å². The molecule has 3 rings (SSSR count). The summed E-state index contributed by atoms with van der Waals surface area (Å²) in [7, 11) is 1.00. The fraction of sp³-hybridized carbons (Fsp3) is 0.278. The van der Waals surface area contributed by atoms with Crippen LogP contribution in [-0.2, 0) is 12.8 Å². The van der Waals surface area contributed by atoms with E-state index in [4.69, 9.17) is 11.5 Å². The molecule has 1 heterocycles. The number of nitrogens with one attached hydrogen (secondary N) is 1. The van der Waals surface area contributed by atoms with Gasteiger partial charge >= 0.3 is 0 Å². The molecule has 1 aromatic heterocycles. The number of rotatable bonds is 3. The minimum Gasteiger partial charge on any atom is -0.400 e. The Kier molecular flexibility index (Phi) is 4.97. The molecule has 3 heteroatoms. The number of aliphatic hydroxyl groups is 1. The molecule has 0 radical (unpaired) electrons. The standard InChI is InChI=1S/C17H15NO.CH4O/c1-2-12-4-3-5-13(8-12)9-14-6-7-17-16(14)10-15(11-19)18-17;1-2/h1,3-5,8,10-11,14,18H,6-7,9H2;2H,1H3. The summed E-state index contributed by atoms with van der Waals surface area (Å²) in [4.78, 5) is 14.0. The number of carbonyl (C=O) groups is 1. The molecule has 2 N–H and O–H groups in total. The van der Waals surface area contributed by atoms with Crippen LogP contribution in [0.3, 0.4) is 0 Å². The van der Waals surface area contributed by atoms with Crippen LogP contribution in [0.15, 0.2) is 30.3 Å². The fourth-order valence-corrected chi connectivity index (χ4v) is 2.93. The van der Waals surface area contributed by atoms with Gasteiger partial charge in [-0.05, 0) is 54.5 Å². The summed E-state index contributed by atoms with van der Waals surface area (Å²) in [5.74, 6) is 3.17. The molecular weight excluding hydrogens is 262 g/mol. The molecule has 1 aromatic carbocycles. The minimum absolute atomic E-state index is 0.493. The lowest BCUT2D eigenvalue weighted by atomic mass is 9.94. The number of aldehydes is 1. The molecule has 21 heavy (non-hydrogen) atoms. The van der Waals surface area contributed by atoms with E-state index in [1.807, 2.05) is 18.2 Å². The summed E-state index contributed by atoms with van der Waals surface area (Å²) < 4.78 is 0. The lowest BCUT2D eigenvalue weighted by Crippen LogP contribution is -1.98. The van der Waals surface area contributed by atoms with Gasteiger partial charge in [0.25, 0.3) is 0 Å². The molecule has 2 aromatic rings. The van der Waals surface area contributed by atoms with Crippen molar-refractivity contribution in [1.82, 2.24) is 4.98 Å². The van der Waals surface area contributed by atoms with Crippen molar-refractivity contribution in [2.75, 3.05) is 7.11 Å². The molecule has 0 saturated carbocycles. The Hall–Kier alpha value is -2.31. The first kappa shape index (κ1) is 15.1. The van der Waals surface area contributed by atoms with Gasteiger partial charge in [0, 0.05) is 18.4 Å². The Labute approximate surface area is 125 Å². The number of aromatic nitrogens is 1. The van der Waals surface area contributed by atoms with Crippen LogP contribution in [0, 0.1) is 12.3 Å². The van der Waals surface area contributed by atoms with Crippen LogP contribution in [0.25, 0.3) is 0 Å². The molecule has 108 valence electrons. The van der Waals surface area contributed by atoms with E-state index in [0.717, 1.165) is 38.2 Å². The summed E-state index contributed by atoms with van der Waals surface area (Å²) in [6.45, 7) is 0. The average Bonchev–Trinajstić information content (AvgIpc) is 3.11. The van der Waals surface area contributed by atoms with Crippen LogP contribution in [0.5, 0.6) is 0 Å². The Bertz CT molecular complexity index is 664. The molecule has 0 saturated heterocycles. The van der Waals surface area contributed by atoms with Gasteiger partial charge in [-0.2, -0.15) is 0 Å². The zero-order chi connectivity index (χ0) is 15.2. The highest BCUT2D eigenvalue weighted by Crippen LogP contribution is 2.35. The van der Waals surface area contributed by atoms with E-state index >= 15 is 0 Å². The molecule has 1 aliphatic rings. The molecule has 0 bridgehead atoms. The zero-order valence-electron chi connectivity index (χ0n) is 12.1. The number of hydrogen-bond acceptors (Lipinski definition) is 2. The first-order chi connectivity index (χ1) is 10.3. The van der Waals surface area contributed by atoms with Crippen molar-refractivity contribution >= 4 is 6.29 Å². The molecule has 1 aliphatic carbocycles. The monoisotopic (exact) mass is 281 g/mol. The Morgan fingerprint density at radius 3 is 2.95 bits per heavy atom. The van der Waals surface area contributed by atoms with E-state index in [9.17, 15) is 4.79 Å². The highest BCUT2D eigenvalue weighted by molar-refractivity contribution is 5.73. The Morgan fingerprint density at radius 2 is 2.24 bits per heavy atom. The Morgan fingerprint density at radius 1 is 1.43 bits per heavy atom. The molecule has 0 aliphatic heterocycles. The maximum atomic E-state index is 10.8. The normalized spacial score (nSPS) is 15.6. The van der Waals surface area contributed by atoms with Crippen molar-refractivity contribution < 1.29 is 9.90 Å². The van der Waals surface area contributed by atoms with Crippen LogP contribution in [0.4, 0.5) is 0 Å². The second-order valence-electron chi connectivity index (χ2n) is 5.06. The van der Waals surface area contributed by atoms with Crippen molar-refractivity contribution in [3.63, 3.8) is 0 Å². The maximum absolute atomic E-state index is 10.8. The number of carbonyl (C=O) groups excluding carboxylic acids is 1. The van der Waals surface area contributed by atoms with Gasteiger partial charge in [-0.1, -0.05) is 18.1 Å². The summed E-state index contributed by atoms with van der Waals surface area (Å²) in [6.07, 6.45) is 9.47. The van der Waals surface area contributed by atoms with E-state index in [1.165, 1.54) is 16.8 Å². The lowest BCUT2D eigenvalue weighted by Gasteiger charge is -2.10. The topological polar surface area (TPSA) is 53.1 Å². The fourth-order valence-electron chi connectivity index (χ4n) is 2.93. The summed E-state index contributed by atoms with van der Waals surface area (Å²) in [5.41, 5.74) is 5.40. The molecule has 3 nitrogen and oxygen atoms in total. The van der Waals surface area contributed by atoms with Gasteiger partial charge in [0.2, 0.25) is 0 Å². The van der Waals surface area contributed by atoms with Gasteiger partial charge in [-0.25, -0.2) is 0 Å². The molecule has 1 atom stereocenters. The van der Waals surface area contributed by atoms with Crippen molar-refractivity contribution in [3.8, 4) is 12.3 Å².